The van der Waals surface area contributed by atoms with E-state index in [1.165, 1.54) is 6.92 Å². The molecule has 1 heterocycles. The molecule has 5 nitrogen and oxygen atoms in total. The Hall–Kier alpha value is -2.04. The van der Waals surface area contributed by atoms with Gasteiger partial charge in [0.05, 0.1) is 6.04 Å². The van der Waals surface area contributed by atoms with Crippen molar-refractivity contribution in [1.29, 1.82) is 0 Å². The van der Waals surface area contributed by atoms with Crippen molar-refractivity contribution in [3.63, 3.8) is 0 Å². The van der Waals surface area contributed by atoms with Crippen LogP contribution in [0.5, 0.6) is 5.75 Å². The minimum absolute atomic E-state index is 0.0312. The summed E-state index contributed by atoms with van der Waals surface area (Å²) in [6.45, 7) is 1.46. The number of aromatic hydroxyl groups is 1. The molecule has 0 aliphatic carbocycles. The molecule has 1 unspecified atom stereocenters. The lowest BCUT2D eigenvalue weighted by molar-refractivity contribution is -0.114. The topological polar surface area (TPSA) is 64.9 Å². The molecule has 0 radical (unpaired) electrons. The number of carbonyl (C=O) groups excluding carboxylic acids is 1. The summed E-state index contributed by atoms with van der Waals surface area (Å²) < 4.78 is 0. The first-order chi connectivity index (χ1) is 8.08. The van der Waals surface area contributed by atoms with Gasteiger partial charge in [0.2, 0.25) is 5.91 Å². The van der Waals surface area contributed by atoms with E-state index >= 15 is 0 Å². The van der Waals surface area contributed by atoms with Crippen molar-refractivity contribution in [3.05, 3.63) is 23.8 Å². The highest BCUT2D eigenvalue weighted by Gasteiger charge is 2.22. The molecule has 1 aliphatic heterocycles. The molecule has 0 saturated heterocycles. The lowest BCUT2D eigenvalue weighted by Crippen LogP contribution is -2.14. The number of nitrogens with one attached hydrogen (secondary N) is 1. The maximum absolute atomic E-state index is 11.0. The molecule has 1 aliphatic rings. The van der Waals surface area contributed by atoms with Crippen molar-refractivity contribution in [3.8, 4) is 5.75 Å². The highest BCUT2D eigenvalue weighted by molar-refractivity contribution is 5.88. The SMILES string of the molecule is CC(=O)Nc1ccc(O)c(C2CC=NN2C)c1. The normalized spacial score (nSPS) is 18.5. The highest BCUT2D eigenvalue weighted by Crippen LogP contribution is 2.34. The summed E-state index contributed by atoms with van der Waals surface area (Å²) in [5.74, 6) is 0.0964. The number of benzene rings is 1. The number of hydrogen-bond acceptors (Lipinski definition) is 4. The third-order valence-corrected chi connectivity index (χ3v) is 2.75. The molecular weight excluding hydrogens is 218 g/mol. The molecule has 5 heteroatoms. The molecule has 1 atom stereocenters. The van der Waals surface area contributed by atoms with Gasteiger partial charge in [-0.3, -0.25) is 9.80 Å². The van der Waals surface area contributed by atoms with Gasteiger partial charge >= 0.3 is 0 Å². The van der Waals surface area contributed by atoms with Crippen molar-refractivity contribution in [1.82, 2.24) is 5.01 Å². The zero-order valence-electron chi connectivity index (χ0n) is 9.84. The first kappa shape index (κ1) is 11.4. The molecule has 0 spiro atoms. The van der Waals surface area contributed by atoms with E-state index in [1.807, 2.05) is 13.3 Å². The van der Waals surface area contributed by atoms with Gasteiger partial charge in [0.15, 0.2) is 0 Å². The summed E-state index contributed by atoms with van der Waals surface area (Å²) in [6.07, 6.45) is 2.57. The summed E-state index contributed by atoms with van der Waals surface area (Å²) in [5, 5.41) is 18.5. The zero-order valence-corrected chi connectivity index (χ0v) is 9.84. The first-order valence-corrected chi connectivity index (χ1v) is 5.43. The van der Waals surface area contributed by atoms with Gasteiger partial charge in [0, 0.05) is 37.9 Å². The smallest absolute Gasteiger partial charge is 0.221 e. The summed E-state index contributed by atoms with van der Waals surface area (Å²) in [4.78, 5) is 11.0. The molecule has 1 aromatic carbocycles. The quantitative estimate of drug-likeness (QED) is 0.764. The van der Waals surface area contributed by atoms with E-state index in [-0.39, 0.29) is 17.7 Å². The van der Waals surface area contributed by atoms with E-state index in [1.54, 1.807) is 23.2 Å². The standard InChI is InChI=1S/C12H15N3O2/c1-8(16)14-9-3-4-12(17)10(7-9)11-5-6-13-15(11)2/h3-4,6-7,11,17H,5H2,1-2H3,(H,14,16). The maximum Gasteiger partial charge on any atom is 0.221 e. The average molecular weight is 233 g/mol. The second-order valence-electron chi connectivity index (χ2n) is 4.08. The third kappa shape index (κ3) is 2.38. The van der Waals surface area contributed by atoms with Crippen molar-refractivity contribution in [2.24, 2.45) is 5.10 Å². The number of anilines is 1. The van der Waals surface area contributed by atoms with Crippen LogP contribution >= 0.6 is 0 Å². The summed E-state index contributed by atoms with van der Waals surface area (Å²) in [5.41, 5.74) is 1.46. The number of amides is 1. The molecule has 0 fully saturated rings. The Morgan fingerprint density at radius 2 is 2.35 bits per heavy atom. The fraction of sp³-hybridized carbons (Fsp3) is 0.333. The van der Waals surface area contributed by atoms with E-state index in [0.29, 0.717) is 5.69 Å². The molecule has 2 rings (SSSR count). The van der Waals surface area contributed by atoms with Gasteiger partial charge in [-0.15, -0.1) is 0 Å². The summed E-state index contributed by atoms with van der Waals surface area (Å²) in [7, 11) is 1.86. The predicted molar refractivity (Wildman–Crippen MR) is 66.0 cm³/mol. The Bertz CT molecular complexity index is 471. The van der Waals surface area contributed by atoms with Gasteiger partial charge < -0.3 is 10.4 Å². The molecule has 1 amide bonds. The van der Waals surface area contributed by atoms with Gasteiger partial charge in [0.1, 0.15) is 5.75 Å². The van der Waals surface area contributed by atoms with Crippen LogP contribution in [-0.4, -0.2) is 29.3 Å². The number of phenols is 1. The first-order valence-electron chi connectivity index (χ1n) is 5.43. The van der Waals surface area contributed by atoms with Gasteiger partial charge in [-0.05, 0) is 18.2 Å². The van der Waals surface area contributed by atoms with Crippen molar-refractivity contribution in [2.45, 2.75) is 19.4 Å². The Morgan fingerprint density at radius 1 is 1.59 bits per heavy atom. The fourth-order valence-electron chi connectivity index (χ4n) is 1.94. The Balaban J connectivity index is 2.29. The van der Waals surface area contributed by atoms with Crippen LogP contribution in [0.3, 0.4) is 0 Å². The van der Waals surface area contributed by atoms with Gasteiger partial charge in [-0.2, -0.15) is 5.10 Å². The molecular formula is C12H15N3O2. The van der Waals surface area contributed by atoms with Crippen molar-refractivity contribution >= 4 is 17.8 Å². The summed E-state index contributed by atoms with van der Waals surface area (Å²) in [6, 6.07) is 5.08. The van der Waals surface area contributed by atoms with Crippen LogP contribution in [0, 0.1) is 0 Å². The minimum Gasteiger partial charge on any atom is -0.508 e. The Labute approximate surface area is 99.7 Å². The number of hydrazone groups is 1. The molecule has 90 valence electrons. The number of hydrogen-bond donors (Lipinski definition) is 2. The van der Waals surface area contributed by atoms with E-state index in [2.05, 4.69) is 10.4 Å². The van der Waals surface area contributed by atoms with Gasteiger partial charge in [-0.1, -0.05) is 0 Å². The lowest BCUT2D eigenvalue weighted by atomic mass is 10.0. The minimum atomic E-state index is -0.127. The molecule has 17 heavy (non-hydrogen) atoms. The van der Waals surface area contributed by atoms with Crippen LogP contribution in [-0.2, 0) is 4.79 Å². The summed E-state index contributed by atoms with van der Waals surface area (Å²) >= 11 is 0. The maximum atomic E-state index is 11.0. The van der Waals surface area contributed by atoms with E-state index in [0.717, 1.165) is 12.0 Å². The van der Waals surface area contributed by atoms with Gasteiger partial charge in [-0.25, -0.2) is 0 Å². The van der Waals surface area contributed by atoms with Crippen LogP contribution < -0.4 is 5.32 Å². The molecule has 1 aromatic rings. The van der Waals surface area contributed by atoms with Crippen LogP contribution in [0.2, 0.25) is 0 Å². The number of rotatable bonds is 2. The monoisotopic (exact) mass is 233 g/mol. The van der Waals surface area contributed by atoms with E-state index in [4.69, 9.17) is 0 Å². The van der Waals surface area contributed by atoms with Crippen molar-refractivity contribution < 1.29 is 9.90 Å². The van der Waals surface area contributed by atoms with Crippen molar-refractivity contribution in [2.75, 3.05) is 12.4 Å². The van der Waals surface area contributed by atoms with Crippen LogP contribution in [0.25, 0.3) is 0 Å². The second kappa shape index (κ2) is 4.45. The van der Waals surface area contributed by atoms with Gasteiger partial charge in [0.25, 0.3) is 0 Å². The molecule has 0 aromatic heterocycles. The molecule has 0 bridgehead atoms. The van der Waals surface area contributed by atoms with E-state index < -0.39 is 0 Å². The lowest BCUT2D eigenvalue weighted by Gasteiger charge is -2.20. The fourth-order valence-corrected chi connectivity index (χ4v) is 1.94. The number of nitrogens with zero attached hydrogens (tertiary/aromatic N) is 2. The molecule has 2 N–H and O–H groups in total. The van der Waals surface area contributed by atoms with Crippen LogP contribution in [0.15, 0.2) is 23.3 Å². The van der Waals surface area contributed by atoms with Crippen LogP contribution in [0.4, 0.5) is 5.69 Å². The zero-order chi connectivity index (χ0) is 12.4. The Morgan fingerprint density at radius 3 is 2.94 bits per heavy atom. The second-order valence-corrected chi connectivity index (χ2v) is 4.08. The number of carbonyl (C=O) groups is 1. The third-order valence-electron chi connectivity index (χ3n) is 2.75. The van der Waals surface area contributed by atoms with E-state index in [9.17, 15) is 9.90 Å². The van der Waals surface area contributed by atoms with Crippen LogP contribution in [0.1, 0.15) is 24.9 Å². The largest absolute Gasteiger partial charge is 0.508 e. The highest BCUT2D eigenvalue weighted by atomic mass is 16.3. The average Bonchev–Trinajstić information content (AvgIpc) is 2.67. The Kier molecular flexibility index (Phi) is 2.99. The number of phenolic OH excluding ortho intramolecular Hbond substituents is 1. The molecule has 0 saturated carbocycles. The predicted octanol–water partition coefficient (Wildman–Crippen LogP) is 1.71.